The molecule has 2 aromatic carbocycles. The Kier molecular flexibility index (Phi) is 4.48. The number of hydrogen-bond acceptors (Lipinski definition) is 4. The summed E-state index contributed by atoms with van der Waals surface area (Å²) >= 11 is 0. The standard InChI is InChI=1S/C16H19NO3/c1-11(16-14(19)3-2-4-15(16)20)17-10-9-12-5-7-13(18)8-6-12/h2-8,11,17-20H,9-10H2,1H3. The predicted molar refractivity (Wildman–Crippen MR) is 78.0 cm³/mol. The normalized spacial score (nSPS) is 12.2. The van der Waals surface area contributed by atoms with E-state index in [9.17, 15) is 15.3 Å². The Morgan fingerprint density at radius 3 is 2.15 bits per heavy atom. The van der Waals surface area contributed by atoms with Crippen LogP contribution in [0.15, 0.2) is 42.5 Å². The highest BCUT2D eigenvalue weighted by molar-refractivity contribution is 5.44. The van der Waals surface area contributed by atoms with E-state index in [0.29, 0.717) is 12.1 Å². The average Bonchev–Trinajstić information content (AvgIpc) is 2.41. The van der Waals surface area contributed by atoms with E-state index in [1.807, 2.05) is 19.1 Å². The van der Waals surface area contributed by atoms with Crippen molar-refractivity contribution in [1.29, 1.82) is 0 Å². The van der Waals surface area contributed by atoms with Crippen LogP contribution in [0.5, 0.6) is 17.2 Å². The Labute approximate surface area is 118 Å². The Hall–Kier alpha value is -2.20. The first-order valence-electron chi connectivity index (χ1n) is 6.60. The molecule has 0 spiro atoms. The highest BCUT2D eigenvalue weighted by Gasteiger charge is 2.14. The number of aromatic hydroxyl groups is 3. The van der Waals surface area contributed by atoms with Gasteiger partial charge in [0.05, 0.1) is 5.56 Å². The van der Waals surface area contributed by atoms with Crippen molar-refractivity contribution in [2.24, 2.45) is 0 Å². The maximum atomic E-state index is 9.78. The molecule has 1 unspecified atom stereocenters. The highest BCUT2D eigenvalue weighted by atomic mass is 16.3. The van der Waals surface area contributed by atoms with Crippen LogP contribution in [0.4, 0.5) is 0 Å². The van der Waals surface area contributed by atoms with E-state index >= 15 is 0 Å². The van der Waals surface area contributed by atoms with E-state index in [1.54, 1.807) is 30.3 Å². The zero-order chi connectivity index (χ0) is 14.5. The van der Waals surface area contributed by atoms with Gasteiger partial charge in [-0.3, -0.25) is 0 Å². The van der Waals surface area contributed by atoms with Crippen LogP contribution in [0, 0.1) is 0 Å². The topological polar surface area (TPSA) is 72.7 Å². The number of phenolic OH excluding ortho intramolecular Hbond substituents is 3. The lowest BCUT2D eigenvalue weighted by molar-refractivity contribution is 0.419. The minimum atomic E-state index is -0.145. The van der Waals surface area contributed by atoms with Crippen LogP contribution < -0.4 is 5.32 Å². The lowest BCUT2D eigenvalue weighted by Crippen LogP contribution is -2.21. The summed E-state index contributed by atoms with van der Waals surface area (Å²) in [4.78, 5) is 0. The molecule has 0 fully saturated rings. The minimum Gasteiger partial charge on any atom is -0.508 e. The maximum Gasteiger partial charge on any atom is 0.124 e. The third-order valence-electron chi connectivity index (χ3n) is 3.29. The molecule has 0 amide bonds. The minimum absolute atomic E-state index is 0.0923. The summed E-state index contributed by atoms with van der Waals surface area (Å²) in [5.74, 6) is 0.443. The third-order valence-corrected chi connectivity index (χ3v) is 3.29. The van der Waals surface area contributed by atoms with Gasteiger partial charge >= 0.3 is 0 Å². The molecule has 0 saturated carbocycles. The van der Waals surface area contributed by atoms with Gasteiger partial charge in [0.1, 0.15) is 17.2 Å². The second kappa shape index (κ2) is 6.30. The number of phenols is 3. The summed E-state index contributed by atoms with van der Waals surface area (Å²) in [5, 5.41) is 32.0. The summed E-state index contributed by atoms with van der Waals surface area (Å²) in [5.41, 5.74) is 1.63. The van der Waals surface area contributed by atoms with Crippen LogP contribution in [0.25, 0.3) is 0 Å². The van der Waals surface area contributed by atoms with Gasteiger partial charge in [0.2, 0.25) is 0 Å². The van der Waals surface area contributed by atoms with Crippen molar-refractivity contribution in [2.75, 3.05) is 6.54 Å². The van der Waals surface area contributed by atoms with Crippen molar-refractivity contribution in [2.45, 2.75) is 19.4 Å². The van der Waals surface area contributed by atoms with Crippen molar-refractivity contribution >= 4 is 0 Å². The van der Waals surface area contributed by atoms with Crippen molar-refractivity contribution < 1.29 is 15.3 Å². The Balaban J connectivity index is 1.92. The molecule has 0 aromatic heterocycles. The van der Waals surface area contributed by atoms with E-state index in [4.69, 9.17) is 0 Å². The molecule has 0 heterocycles. The average molecular weight is 273 g/mol. The molecule has 1 atom stereocenters. The monoisotopic (exact) mass is 273 g/mol. The van der Waals surface area contributed by atoms with Gasteiger partial charge in [0.15, 0.2) is 0 Å². The summed E-state index contributed by atoms with van der Waals surface area (Å²) in [6, 6.07) is 11.7. The predicted octanol–water partition coefficient (Wildman–Crippen LogP) is 2.70. The van der Waals surface area contributed by atoms with Crippen molar-refractivity contribution in [3.63, 3.8) is 0 Å². The smallest absolute Gasteiger partial charge is 0.124 e. The lowest BCUT2D eigenvalue weighted by atomic mass is 10.1. The van der Waals surface area contributed by atoms with Crippen LogP contribution in [-0.2, 0) is 6.42 Å². The molecule has 4 nitrogen and oxygen atoms in total. The van der Waals surface area contributed by atoms with Crippen LogP contribution in [0.3, 0.4) is 0 Å². The van der Waals surface area contributed by atoms with Gasteiger partial charge in [0, 0.05) is 6.04 Å². The summed E-state index contributed by atoms with van der Waals surface area (Å²) in [6.07, 6.45) is 0.805. The zero-order valence-corrected chi connectivity index (χ0v) is 11.4. The van der Waals surface area contributed by atoms with E-state index in [0.717, 1.165) is 12.0 Å². The van der Waals surface area contributed by atoms with Crippen LogP contribution in [-0.4, -0.2) is 21.9 Å². The molecule has 20 heavy (non-hydrogen) atoms. The molecule has 106 valence electrons. The number of hydrogen-bond donors (Lipinski definition) is 4. The molecule has 0 aliphatic rings. The first kappa shape index (κ1) is 14.2. The molecule has 4 N–H and O–H groups in total. The second-order valence-electron chi connectivity index (χ2n) is 4.80. The lowest BCUT2D eigenvalue weighted by Gasteiger charge is -2.16. The summed E-state index contributed by atoms with van der Waals surface area (Å²) < 4.78 is 0. The van der Waals surface area contributed by atoms with E-state index in [1.165, 1.54) is 0 Å². The molecule has 0 aliphatic carbocycles. The fraction of sp³-hybridized carbons (Fsp3) is 0.250. The van der Waals surface area contributed by atoms with E-state index < -0.39 is 0 Å². The Bertz CT molecular complexity index is 546. The van der Waals surface area contributed by atoms with Gasteiger partial charge in [-0.15, -0.1) is 0 Å². The molecule has 0 bridgehead atoms. The van der Waals surface area contributed by atoms with Crippen molar-refractivity contribution in [1.82, 2.24) is 5.32 Å². The number of benzene rings is 2. The first-order valence-corrected chi connectivity index (χ1v) is 6.60. The molecular weight excluding hydrogens is 254 g/mol. The fourth-order valence-corrected chi connectivity index (χ4v) is 2.18. The van der Waals surface area contributed by atoms with Crippen LogP contribution >= 0.6 is 0 Å². The van der Waals surface area contributed by atoms with Gasteiger partial charge in [-0.25, -0.2) is 0 Å². The zero-order valence-electron chi connectivity index (χ0n) is 11.4. The first-order chi connectivity index (χ1) is 9.58. The molecule has 0 radical (unpaired) electrons. The SMILES string of the molecule is CC(NCCc1ccc(O)cc1)c1c(O)cccc1O. The fourth-order valence-electron chi connectivity index (χ4n) is 2.18. The van der Waals surface area contributed by atoms with Crippen LogP contribution in [0.1, 0.15) is 24.1 Å². The second-order valence-corrected chi connectivity index (χ2v) is 4.80. The van der Waals surface area contributed by atoms with Gasteiger partial charge in [-0.2, -0.15) is 0 Å². The molecule has 0 saturated heterocycles. The van der Waals surface area contributed by atoms with Crippen molar-refractivity contribution in [3.8, 4) is 17.2 Å². The largest absolute Gasteiger partial charge is 0.508 e. The number of rotatable bonds is 5. The molecule has 0 aliphatic heterocycles. The van der Waals surface area contributed by atoms with E-state index in [-0.39, 0.29) is 23.3 Å². The molecule has 4 heteroatoms. The van der Waals surface area contributed by atoms with Gasteiger partial charge in [-0.1, -0.05) is 18.2 Å². The molecule has 2 aromatic rings. The van der Waals surface area contributed by atoms with E-state index in [2.05, 4.69) is 5.32 Å². The quantitative estimate of drug-likeness (QED) is 0.676. The van der Waals surface area contributed by atoms with Gasteiger partial charge < -0.3 is 20.6 Å². The Morgan fingerprint density at radius 2 is 1.55 bits per heavy atom. The Morgan fingerprint density at radius 1 is 0.950 bits per heavy atom. The van der Waals surface area contributed by atoms with Gasteiger partial charge in [0.25, 0.3) is 0 Å². The maximum absolute atomic E-state index is 9.78. The molecular formula is C16H19NO3. The highest BCUT2D eigenvalue weighted by Crippen LogP contribution is 2.31. The van der Waals surface area contributed by atoms with Crippen molar-refractivity contribution in [3.05, 3.63) is 53.6 Å². The molecule has 2 rings (SSSR count). The van der Waals surface area contributed by atoms with Gasteiger partial charge in [-0.05, 0) is 49.7 Å². The summed E-state index contributed by atoms with van der Waals surface area (Å²) in [7, 11) is 0. The summed E-state index contributed by atoms with van der Waals surface area (Å²) in [6.45, 7) is 2.60. The third kappa shape index (κ3) is 3.42. The van der Waals surface area contributed by atoms with Crippen LogP contribution in [0.2, 0.25) is 0 Å². The number of nitrogens with one attached hydrogen (secondary N) is 1.